The second-order valence-electron chi connectivity index (χ2n) is 4.50. The third-order valence-electron chi connectivity index (χ3n) is 3.18. The molecule has 0 bridgehead atoms. The molecule has 1 aromatic heterocycles. The van der Waals surface area contributed by atoms with E-state index >= 15 is 0 Å². The summed E-state index contributed by atoms with van der Waals surface area (Å²) in [5, 5.41) is 10.9. The highest BCUT2D eigenvalue weighted by atomic mass is 16.5. The highest BCUT2D eigenvalue weighted by Crippen LogP contribution is 2.35. The van der Waals surface area contributed by atoms with E-state index in [4.69, 9.17) is 9.15 Å². The second kappa shape index (κ2) is 4.46. The Morgan fingerprint density at radius 1 is 1.44 bits per heavy atom. The van der Waals surface area contributed by atoms with Gasteiger partial charge in [0.05, 0.1) is 7.11 Å². The lowest BCUT2D eigenvalue weighted by Crippen LogP contribution is -2.18. The lowest BCUT2D eigenvalue weighted by atomic mass is 10.0. The number of carbonyl (C=O) groups is 1. The Morgan fingerprint density at radius 3 is 2.72 bits per heavy atom. The van der Waals surface area contributed by atoms with Crippen LogP contribution in [0.4, 0.5) is 0 Å². The van der Waals surface area contributed by atoms with Crippen molar-refractivity contribution in [1.29, 1.82) is 0 Å². The van der Waals surface area contributed by atoms with E-state index in [0.29, 0.717) is 29.1 Å². The third-order valence-corrected chi connectivity index (χ3v) is 3.18. The fourth-order valence-electron chi connectivity index (χ4n) is 1.80. The molecule has 0 spiro atoms. The number of aldehydes is 1. The van der Waals surface area contributed by atoms with Gasteiger partial charge in [0.2, 0.25) is 0 Å². The molecular weight excluding hydrogens is 232 g/mol. The molecule has 2 aromatic rings. The van der Waals surface area contributed by atoms with Gasteiger partial charge in [-0.2, -0.15) is 0 Å². The Balaban J connectivity index is 2.67. The molecule has 4 nitrogen and oxygen atoms in total. The number of carbonyl (C=O) groups excluding carboxylic acids is 1. The number of fused-ring (bicyclic) bond motifs is 1. The van der Waals surface area contributed by atoms with Gasteiger partial charge in [0.15, 0.2) is 11.3 Å². The Bertz CT molecular complexity index is 581. The van der Waals surface area contributed by atoms with Crippen molar-refractivity contribution in [1.82, 2.24) is 0 Å². The van der Waals surface area contributed by atoms with Crippen molar-refractivity contribution >= 4 is 17.3 Å². The quantitative estimate of drug-likeness (QED) is 0.845. The first kappa shape index (κ1) is 12.6. The van der Waals surface area contributed by atoms with Crippen LogP contribution in [0.2, 0.25) is 0 Å². The van der Waals surface area contributed by atoms with Crippen molar-refractivity contribution in [2.45, 2.75) is 25.9 Å². The van der Waals surface area contributed by atoms with Gasteiger partial charge in [0.25, 0.3) is 0 Å². The Labute approximate surface area is 105 Å². The van der Waals surface area contributed by atoms with Crippen molar-refractivity contribution < 1.29 is 19.1 Å². The number of hydrogen-bond donors (Lipinski definition) is 1. The van der Waals surface area contributed by atoms with E-state index in [-0.39, 0.29) is 0 Å². The minimum Gasteiger partial charge on any atom is -0.493 e. The van der Waals surface area contributed by atoms with Gasteiger partial charge in [-0.15, -0.1) is 0 Å². The van der Waals surface area contributed by atoms with Gasteiger partial charge in [-0.1, -0.05) is 6.92 Å². The van der Waals surface area contributed by atoms with E-state index < -0.39 is 5.60 Å². The van der Waals surface area contributed by atoms with Gasteiger partial charge < -0.3 is 14.3 Å². The largest absolute Gasteiger partial charge is 0.493 e. The first-order valence-corrected chi connectivity index (χ1v) is 5.81. The molecule has 1 heterocycles. The van der Waals surface area contributed by atoms with Gasteiger partial charge >= 0.3 is 0 Å². The fraction of sp³-hybridized carbons (Fsp3) is 0.357. The summed E-state index contributed by atoms with van der Waals surface area (Å²) in [5.41, 5.74) is 0.0421. The zero-order valence-corrected chi connectivity index (χ0v) is 10.7. The average Bonchev–Trinajstić information content (AvgIpc) is 2.81. The van der Waals surface area contributed by atoms with Crippen LogP contribution in [0.25, 0.3) is 11.0 Å². The van der Waals surface area contributed by atoms with Gasteiger partial charge in [0.1, 0.15) is 17.6 Å². The van der Waals surface area contributed by atoms with Crippen molar-refractivity contribution in [3.8, 4) is 5.75 Å². The van der Waals surface area contributed by atoms with E-state index in [1.54, 1.807) is 25.1 Å². The zero-order valence-electron chi connectivity index (χ0n) is 10.7. The number of benzene rings is 1. The van der Waals surface area contributed by atoms with Gasteiger partial charge in [-0.3, -0.25) is 4.79 Å². The monoisotopic (exact) mass is 248 g/mol. The Morgan fingerprint density at radius 2 is 2.17 bits per heavy atom. The molecule has 0 aliphatic heterocycles. The van der Waals surface area contributed by atoms with Crippen LogP contribution in [0.5, 0.6) is 5.75 Å². The van der Waals surface area contributed by atoms with Crippen LogP contribution >= 0.6 is 0 Å². The SMILES string of the molecule is CCC(C)(O)c1cc2cc(C=O)cc(OC)c2o1. The number of ether oxygens (including phenoxy) is 1. The molecule has 0 fully saturated rings. The van der Waals surface area contributed by atoms with Gasteiger partial charge in [0, 0.05) is 10.9 Å². The summed E-state index contributed by atoms with van der Waals surface area (Å²) < 4.78 is 10.8. The summed E-state index contributed by atoms with van der Waals surface area (Å²) in [4.78, 5) is 10.8. The molecule has 1 atom stereocenters. The number of rotatable bonds is 4. The molecule has 0 aliphatic carbocycles. The summed E-state index contributed by atoms with van der Waals surface area (Å²) >= 11 is 0. The number of hydrogen-bond acceptors (Lipinski definition) is 4. The van der Waals surface area contributed by atoms with Crippen LogP contribution < -0.4 is 4.74 Å². The molecule has 96 valence electrons. The van der Waals surface area contributed by atoms with Crippen LogP contribution in [-0.2, 0) is 5.60 Å². The third kappa shape index (κ3) is 1.99. The standard InChI is InChI=1S/C14H16O4/c1-4-14(2,16)12-7-10-5-9(8-15)6-11(17-3)13(10)18-12/h5-8,16H,4H2,1-3H3. The van der Waals surface area contributed by atoms with Crippen molar-refractivity contribution in [2.75, 3.05) is 7.11 Å². The summed E-state index contributed by atoms with van der Waals surface area (Å²) in [6.07, 6.45) is 1.29. The molecule has 0 saturated carbocycles. The van der Waals surface area contributed by atoms with E-state index in [1.165, 1.54) is 7.11 Å². The van der Waals surface area contributed by atoms with Crippen LogP contribution in [0.3, 0.4) is 0 Å². The van der Waals surface area contributed by atoms with Crippen molar-refractivity contribution in [2.24, 2.45) is 0 Å². The predicted octanol–water partition coefficient (Wildman–Crippen LogP) is 2.87. The summed E-state index contributed by atoms with van der Waals surface area (Å²) in [6.45, 7) is 3.57. The predicted molar refractivity (Wildman–Crippen MR) is 68.0 cm³/mol. The second-order valence-corrected chi connectivity index (χ2v) is 4.50. The van der Waals surface area contributed by atoms with Crippen LogP contribution in [-0.4, -0.2) is 18.5 Å². The summed E-state index contributed by atoms with van der Waals surface area (Å²) in [6, 6.07) is 5.07. The zero-order chi connectivity index (χ0) is 13.3. The molecule has 18 heavy (non-hydrogen) atoms. The van der Waals surface area contributed by atoms with Crippen molar-refractivity contribution in [3.05, 3.63) is 29.5 Å². The molecule has 0 saturated heterocycles. The average molecular weight is 248 g/mol. The normalized spacial score (nSPS) is 14.4. The number of aliphatic hydroxyl groups is 1. The lowest BCUT2D eigenvalue weighted by molar-refractivity contribution is 0.0317. The topological polar surface area (TPSA) is 59.7 Å². The van der Waals surface area contributed by atoms with E-state index in [2.05, 4.69) is 0 Å². The molecule has 0 amide bonds. The number of furan rings is 1. The molecule has 1 aromatic carbocycles. The summed E-state index contributed by atoms with van der Waals surface area (Å²) in [5.74, 6) is 0.967. The lowest BCUT2D eigenvalue weighted by Gasteiger charge is -2.17. The maximum Gasteiger partial charge on any atom is 0.176 e. The molecule has 2 rings (SSSR count). The maximum atomic E-state index is 10.8. The summed E-state index contributed by atoms with van der Waals surface area (Å²) in [7, 11) is 1.52. The molecule has 0 aliphatic rings. The first-order chi connectivity index (χ1) is 8.51. The van der Waals surface area contributed by atoms with Crippen LogP contribution in [0, 0.1) is 0 Å². The van der Waals surface area contributed by atoms with Gasteiger partial charge in [-0.05, 0) is 31.5 Å². The van der Waals surface area contributed by atoms with Crippen LogP contribution in [0.1, 0.15) is 36.4 Å². The molecule has 4 heteroatoms. The molecule has 0 radical (unpaired) electrons. The van der Waals surface area contributed by atoms with E-state index in [1.807, 2.05) is 6.92 Å². The van der Waals surface area contributed by atoms with E-state index in [9.17, 15) is 9.90 Å². The Kier molecular flexibility index (Phi) is 3.13. The van der Waals surface area contributed by atoms with Crippen molar-refractivity contribution in [3.63, 3.8) is 0 Å². The van der Waals surface area contributed by atoms with Crippen LogP contribution in [0.15, 0.2) is 22.6 Å². The highest BCUT2D eigenvalue weighted by Gasteiger charge is 2.26. The smallest absolute Gasteiger partial charge is 0.176 e. The molecule has 1 unspecified atom stereocenters. The minimum atomic E-state index is -1.02. The molecule has 1 N–H and O–H groups in total. The highest BCUT2D eigenvalue weighted by molar-refractivity contribution is 5.90. The maximum absolute atomic E-state index is 10.8. The fourth-order valence-corrected chi connectivity index (χ4v) is 1.80. The Hall–Kier alpha value is -1.81. The first-order valence-electron chi connectivity index (χ1n) is 5.81. The van der Waals surface area contributed by atoms with Gasteiger partial charge in [-0.25, -0.2) is 0 Å². The minimum absolute atomic E-state index is 0.473. The molecular formula is C14H16O4. The number of methoxy groups -OCH3 is 1. The van der Waals surface area contributed by atoms with E-state index in [0.717, 1.165) is 11.7 Å².